The molecule has 0 bridgehead atoms. The number of carbonyl (C=O) groups is 2. The molecule has 1 heterocycles. The average Bonchev–Trinajstić information content (AvgIpc) is 2.95. The third-order valence-electron chi connectivity index (χ3n) is 3.99. The van der Waals surface area contributed by atoms with Gasteiger partial charge in [0.25, 0.3) is 5.91 Å². The van der Waals surface area contributed by atoms with E-state index < -0.39 is 5.97 Å². The van der Waals surface area contributed by atoms with E-state index in [2.05, 4.69) is 4.99 Å². The standard InChI is InChI=1S/C21H20N2O4S/c1-3-11-27-17-10-5-4-7-14(17)13-18-19(24)23(2)21(28-18)22-16-9-6-8-15(12-16)20(25)26/h4-10,12-13H,3,11H2,1-2H3,(H,25,26)/b18-13+,22-21?. The Morgan fingerprint density at radius 3 is 2.79 bits per heavy atom. The van der Waals surface area contributed by atoms with Crippen LogP contribution in [0.2, 0.25) is 0 Å². The molecule has 1 fully saturated rings. The number of likely N-dealkylation sites (N-methyl/N-ethyl adjacent to an activating group) is 1. The molecule has 0 spiro atoms. The summed E-state index contributed by atoms with van der Waals surface area (Å²) < 4.78 is 5.75. The largest absolute Gasteiger partial charge is 0.493 e. The predicted octanol–water partition coefficient (Wildman–Crippen LogP) is 4.41. The second-order valence-corrected chi connectivity index (χ2v) is 7.12. The van der Waals surface area contributed by atoms with Crippen molar-refractivity contribution in [2.24, 2.45) is 4.99 Å². The van der Waals surface area contributed by atoms with Gasteiger partial charge in [-0.25, -0.2) is 9.79 Å². The number of carboxylic acids is 1. The van der Waals surface area contributed by atoms with Gasteiger partial charge >= 0.3 is 5.97 Å². The zero-order valence-corrected chi connectivity index (χ0v) is 16.4. The molecule has 1 aliphatic heterocycles. The van der Waals surface area contributed by atoms with Crippen LogP contribution in [0, 0.1) is 0 Å². The molecule has 0 radical (unpaired) electrons. The van der Waals surface area contributed by atoms with Crippen molar-refractivity contribution in [1.29, 1.82) is 0 Å². The Balaban J connectivity index is 1.89. The van der Waals surface area contributed by atoms with E-state index in [1.54, 1.807) is 25.3 Å². The summed E-state index contributed by atoms with van der Waals surface area (Å²) in [6.45, 7) is 2.64. The normalized spacial score (nSPS) is 16.8. The summed E-state index contributed by atoms with van der Waals surface area (Å²) in [4.78, 5) is 30.2. The Kier molecular flexibility index (Phi) is 6.16. The second kappa shape index (κ2) is 8.75. The monoisotopic (exact) mass is 396 g/mol. The molecule has 0 atom stereocenters. The number of amides is 1. The van der Waals surface area contributed by atoms with Crippen LogP contribution in [0.25, 0.3) is 6.08 Å². The number of hydrogen-bond donors (Lipinski definition) is 1. The SMILES string of the molecule is CCCOc1ccccc1/C=C1/SC(=Nc2cccc(C(=O)O)c2)N(C)C1=O. The summed E-state index contributed by atoms with van der Waals surface area (Å²) in [5, 5.41) is 9.61. The molecular weight excluding hydrogens is 376 g/mol. The Morgan fingerprint density at radius 2 is 2.04 bits per heavy atom. The fourth-order valence-corrected chi connectivity index (χ4v) is 3.53. The number of aromatic carboxylic acids is 1. The number of ether oxygens (including phenoxy) is 1. The van der Waals surface area contributed by atoms with Crippen molar-refractivity contribution < 1.29 is 19.4 Å². The number of amidine groups is 1. The van der Waals surface area contributed by atoms with Crippen LogP contribution in [-0.2, 0) is 4.79 Å². The highest BCUT2D eigenvalue weighted by atomic mass is 32.2. The zero-order valence-electron chi connectivity index (χ0n) is 15.6. The van der Waals surface area contributed by atoms with Crippen molar-refractivity contribution >= 4 is 40.6 Å². The third-order valence-corrected chi connectivity index (χ3v) is 5.05. The van der Waals surface area contributed by atoms with Crippen molar-refractivity contribution in [1.82, 2.24) is 4.90 Å². The molecule has 1 amide bonds. The minimum atomic E-state index is -1.02. The number of carbonyl (C=O) groups excluding carboxylic acids is 1. The molecule has 3 rings (SSSR count). The van der Waals surface area contributed by atoms with Gasteiger partial charge in [-0.05, 0) is 48.5 Å². The Morgan fingerprint density at radius 1 is 1.25 bits per heavy atom. The molecular formula is C21H20N2O4S. The Hall–Kier alpha value is -3.06. The molecule has 0 aromatic heterocycles. The predicted molar refractivity (Wildman–Crippen MR) is 111 cm³/mol. The van der Waals surface area contributed by atoms with Crippen LogP contribution < -0.4 is 4.74 Å². The maximum absolute atomic E-state index is 12.6. The minimum absolute atomic E-state index is 0.150. The number of rotatable bonds is 6. The van der Waals surface area contributed by atoms with Gasteiger partial charge in [0, 0.05) is 12.6 Å². The van der Waals surface area contributed by atoms with Crippen LogP contribution in [0.15, 0.2) is 58.4 Å². The van der Waals surface area contributed by atoms with Crippen LogP contribution in [-0.4, -0.2) is 40.7 Å². The van der Waals surface area contributed by atoms with E-state index in [4.69, 9.17) is 9.84 Å². The van der Waals surface area contributed by atoms with Gasteiger partial charge in [0.1, 0.15) is 5.75 Å². The van der Waals surface area contributed by atoms with Crippen molar-refractivity contribution in [3.05, 3.63) is 64.6 Å². The van der Waals surface area contributed by atoms with E-state index in [1.165, 1.54) is 28.8 Å². The molecule has 1 saturated heterocycles. The van der Waals surface area contributed by atoms with Crippen molar-refractivity contribution in [3.8, 4) is 5.75 Å². The second-order valence-electron chi connectivity index (χ2n) is 6.11. The van der Waals surface area contributed by atoms with Crippen molar-refractivity contribution in [2.75, 3.05) is 13.7 Å². The smallest absolute Gasteiger partial charge is 0.335 e. The first kappa shape index (κ1) is 19.7. The van der Waals surface area contributed by atoms with Crippen molar-refractivity contribution in [3.63, 3.8) is 0 Å². The molecule has 144 valence electrons. The van der Waals surface area contributed by atoms with Crippen LogP contribution in [0.1, 0.15) is 29.3 Å². The highest BCUT2D eigenvalue weighted by molar-refractivity contribution is 8.18. The van der Waals surface area contributed by atoms with E-state index in [1.807, 2.05) is 31.2 Å². The van der Waals surface area contributed by atoms with Gasteiger partial charge < -0.3 is 9.84 Å². The first-order valence-electron chi connectivity index (χ1n) is 8.81. The van der Waals surface area contributed by atoms with Gasteiger partial charge in [-0.1, -0.05) is 31.2 Å². The molecule has 0 unspecified atom stereocenters. The third kappa shape index (κ3) is 4.43. The molecule has 0 aliphatic carbocycles. The van der Waals surface area contributed by atoms with Crippen molar-refractivity contribution in [2.45, 2.75) is 13.3 Å². The fraction of sp³-hybridized carbons (Fsp3) is 0.190. The molecule has 2 aromatic rings. The molecule has 6 nitrogen and oxygen atoms in total. The van der Waals surface area contributed by atoms with Crippen LogP contribution >= 0.6 is 11.8 Å². The lowest BCUT2D eigenvalue weighted by atomic mass is 10.2. The number of hydrogen-bond acceptors (Lipinski definition) is 5. The Bertz CT molecular complexity index is 968. The molecule has 2 aromatic carbocycles. The summed E-state index contributed by atoms with van der Waals surface area (Å²) in [6.07, 6.45) is 2.69. The molecule has 28 heavy (non-hydrogen) atoms. The number of para-hydroxylation sites is 1. The first-order valence-corrected chi connectivity index (χ1v) is 9.62. The number of nitrogens with zero attached hydrogens (tertiary/aromatic N) is 2. The summed E-state index contributed by atoms with van der Waals surface area (Å²) in [5.74, 6) is -0.453. The summed E-state index contributed by atoms with van der Waals surface area (Å²) >= 11 is 1.25. The number of aliphatic imine (C=N–C) groups is 1. The van der Waals surface area contributed by atoms with Crippen LogP contribution in [0.4, 0.5) is 5.69 Å². The molecule has 7 heteroatoms. The number of carboxylic acid groups (broad SMARTS) is 1. The topological polar surface area (TPSA) is 79.2 Å². The molecule has 1 aliphatic rings. The highest BCUT2D eigenvalue weighted by Gasteiger charge is 2.30. The number of thioether (sulfide) groups is 1. The average molecular weight is 396 g/mol. The van der Waals surface area contributed by atoms with Gasteiger partial charge in [-0.3, -0.25) is 9.69 Å². The van der Waals surface area contributed by atoms with Gasteiger partial charge in [-0.2, -0.15) is 0 Å². The first-order chi connectivity index (χ1) is 13.5. The minimum Gasteiger partial charge on any atom is -0.493 e. The summed E-state index contributed by atoms with van der Waals surface area (Å²) in [7, 11) is 1.65. The van der Waals surface area contributed by atoms with E-state index in [0.29, 0.717) is 22.4 Å². The maximum atomic E-state index is 12.6. The Labute approximate surface area is 167 Å². The van der Waals surface area contributed by atoms with E-state index >= 15 is 0 Å². The van der Waals surface area contributed by atoms with Gasteiger partial charge in [-0.15, -0.1) is 0 Å². The number of benzene rings is 2. The lowest BCUT2D eigenvalue weighted by Gasteiger charge is -2.08. The van der Waals surface area contributed by atoms with Gasteiger partial charge in [0.05, 0.1) is 22.8 Å². The quantitative estimate of drug-likeness (QED) is 0.732. The molecule has 0 saturated carbocycles. The summed E-state index contributed by atoms with van der Waals surface area (Å²) in [5.41, 5.74) is 1.46. The zero-order chi connectivity index (χ0) is 20.1. The van der Waals surface area contributed by atoms with Crippen LogP contribution in [0.5, 0.6) is 5.75 Å². The fourth-order valence-electron chi connectivity index (χ4n) is 2.56. The summed E-state index contributed by atoms with van der Waals surface area (Å²) in [6, 6.07) is 13.9. The van der Waals surface area contributed by atoms with Gasteiger partial charge in [0.2, 0.25) is 0 Å². The van der Waals surface area contributed by atoms with Crippen LogP contribution in [0.3, 0.4) is 0 Å². The van der Waals surface area contributed by atoms with E-state index in [9.17, 15) is 9.59 Å². The van der Waals surface area contributed by atoms with E-state index in [0.717, 1.165) is 17.7 Å². The lowest BCUT2D eigenvalue weighted by Crippen LogP contribution is -2.23. The molecule has 1 N–H and O–H groups in total. The van der Waals surface area contributed by atoms with E-state index in [-0.39, 0.29) is 11.5 Å². The maximum Gasteiger partial charge on any atom is 0.335 e. The van der Waals surface area contributed by atoms with Gasteiger partial charge in [0.15, 0.2) is 5.17 Å². The highest BCUT2D eigenvalue weighted by Crippen LogP contribution is 2.34. The lowest BCUT2D eigenvalue weighted by molar-refractivity contribution is -0.121.